The van der Waals surface area contributed by atoms with Crippen molar-refractivity contribution >= 4 is 5.91 Å². The molecule has 0 aliphatic carbocycles. The van der Waals surface area contributed by atoms with E-state index in [1.54, 1.807) is 0 Å². The number of aromatic nitrogens is 2. The van der Waals surface area contributed by atoms with Crippen molar-refractivity contribution in [2.45, 2.75) is 66.0 Å². The molecular formula is C17H30N4O. The lowest BCUT2D eigenvalue weighted by Crippen LogP contribution is -2.42. The second kappa shape index (κ2) is 7.77. The van der Waals surface area contributed by atoms with E-state index < -0.39 is 0 Å². The van der Waals surface area contributed by atoms with E-state index in [-0.39, 0.29) is 5.91 Å². The summed E-state index contributed by atoms with van der Waals surface area (Å²) < 4.78 is 2.08. The molecule has 1 aromatic heterocycles. The fourth-order valence-electron chi connectivity index (χ4n) is 3.12. The maximum atomic E-state index is 12.1. The first-order valence-electron chi connectivity index (χ1n) is 8.50. The maximum absolute atomic E-state index is 12.1. The van der Waals surface area contributed by atoms with Crippen LogP contribution in [0.25, 0.3) is 0 Å². The van der Waals surface area contributed by atoms with Gasteiger partial charge in [0.2, 0.25) is 5.91 Å². The van der Waals surface area contributed by atoms with Gasteiger partial charge in [-0.05, 0) is 57.7 Å². The number of hydrogen-bond acceptors (Lipinski definition) is 3. The Kier molecular flexibility index (Phi) is 6.00. The molecule has 0 aromatic carbocycles. The van der Waals surface area contributed by atoms with Crippen molar-refractivity contribution in [3.05, 3.63) is 17.0 Å². The summed E-state index contributed by atoms with van der Waals surface area (Å²) in [7, 11) is 0. The summed E-state index contributed by atoms with van der Waals surface area (Å²) in [5.74, 6) is 0.747. The summed E-state index contributed by atoms with van der Waals surface area (Å²) in [6, 6.07) is 0.347. The Bertz CT molecular complexity index is 501. The molecule has 5 heteroatoms. The Balaban J connectivity index is 1.87. The van der Waals surface area contributed by atoms with Crippen molar-refractivity contribution < 1.29 is 4.79 Å². The molecule has 2 N–H and O–H groups in total. The Morgan fingerprint density at radius 2 is 2.05 bits per heavy atom. The zero-order valence-corrected chi connectivity index (χ0v) is 14.4. The number of hydrogen-bond donors (Lipinski definition) is 2. The molecule has 0 saturated carbocycles. The van der Waals surface area contributed by atoms with Gasteiger partial charge < -0.3 is 10.6 Å². The number of rotatable bonds is 6. The lowest BCUT2D eigenvalue weighted by molar-refractivity contribution is -0.121. The summed E-state index contributed by atoms with van der Waals surface area (Å²) in [5, 5.41) is 11.1. The minimum absolute atomic E-state index is 0.169. The highest BCUT2D eigenvalue weighted by atomic mass is 16.1. The molecule has 1 saturated heterocycles. The fraction of sp³-hybridized carbons (Fsp3) is 0.765. The number of amides is 1. The summed E-state index contributed by atoms with van der Waals surface area (Å²) >= 11 is 0. The van der Waals surface area contributed by atoms with Crippen LogP contribution in [0.1, 0.15) is 50.1 Å². The van der Waals surface area contributed by atoms with E-state index in [1.165, 1.54) is 11.3 Å². The first-order chi connectivity index (χ1) is 10.5. The quantitative estimate of drug-likeness (QED) is 0.844. The Morgan fingerprint density at radius 1 is 1.36 bits per heavy atom. The van der Waals surface area contributed by atoms with Gasteiger partial charge in [0.15, 0.2) is 0 Å². The topological polar surface area (TPSA) is 59.0 Å². The molecule has 0 unspecified atom stereocenters. The highest BCUT2D eigenvalue weighted by Gasteiger charge is 2.17. The molecule has 22 heavy (non-hydrogen) atoms. The van der Waals surface area contributed by atoms with Crippen LogP contribution in [0.15, 0.2) is 0 Å². The van der Waals surface area contributed by atoms with Crippen LogP contribution in [0, 0.1) is 19.8 Å². The van der Waals surface area contributed by atoms with Gasteiger partial charge in [0.1, 0.15) is 0 Å². The van der Waals surface area contributed by atoms with Gasteiger partial charge in [0.25, 0.3) is 0 Å². The summed E-state index contributed by atoms with van der Waals surface area (Å²) in [4.78, 5) is 12.1. The third kappa shape index (κ3) is 4.57. The van der Waals surface area contributed by atoms with Crippen LogP contribution >= 0.6 is 0 Å². The zero-order chi connectivity index (χ0) is 16.1. The largest absolute Gasteiger partial charge is 0.353 e. The van der Waals surface area contributed by atoms with Crippen LogP contribution in [0.5, 0.6) is 0 Å². The number of piperidine rings is 1. The number of nitrogens with zero attached hydrogens (tertiary/aromatic N) is 2. The zero-order valence-electron chi connectivity index (χ0n) is 14.4. The van der Waals surface area contributed by atoms with Gasteiger partial charge in [-0.1, -0.05) is 13.8 Å². The molecule has 1 fully saturated rings. The van der Waals surface area contributed by atoms with E-state index in [9.17, 15) is 4.79 Å². The molecule has 124 valence electrons. The number of aryl methyl sites for hydroxylation is 1. The summed E-state index contributed by atoms with van der Waals surface area (Å²) in [6.07, 6.45) is 3.41. The summed E-state index contributed by atoms with van der Waals surface area (Å²) in [6.45, 7) is 11.5. The standard InChI is InChI=1S/C17H30N4O/c1-12(2)11-21-14(4)16(13(3)20-21)5-6-17(22)19-15-7-9-18-10-8-15/h12,15,18H,5-11H2,1-4H3,(H,19,22). The van der Waals surface area contributed by atoms with Crippen LogP contribution in [0.3, 0.4) is 0 Å². The van der Waals surface area contributed by atoms with Gasteiger partial charge in [-0.3, -0.25) is 9.48 Å². The Hall–Kier alpha value is -1.36. The number of carbonyl (C=O) groups excluding carboxylic acids is 1. The minimum Gasteiger partial charge on any atom is -0.353 e. The second-order valence-electron chi connectivity index (χ2n) is 6.82. The van der Waals surface area contributed by atoms with Gasteiger partial charge in [-0.15, -0.1) is 0 Å². The molecule has 2 heterocycles. The van der Waals surface area contributed by atoms with Crippen LogP contribution in [-0.2, 0) is 17.8 Å². The number of nitrogens with one attached hydrogen (secondary N) is 2. The fourth-order valence-corrected chi connectivity index (χ4v) is 3.12. The van der Waals surface area contributed by atoms with E-state index in [2.05, 4.69) is 41.2 Å². The van der Waals surface area contributed by atoms with Crippen LogP contribution < -0.4 is 10.6 Å². The van der Waals surface area contributed by atoms with Gasteiger partial charge in [0, 0.05) is 24.7 Å². The van der Waals surface area contributed by atoms with Crippen molar-refractivity contribution in [1.82, 2.24) is 20.4 Å². The Morgan fingerprint density at radius 3 is 2.68 bits per heavy atom. The normalized spacial score (nSPS) is 16.2. The molecule has 0 bridgehead atoms. The van der Waals surface area contributed by atoms with Gasteiger partial charge in [0.05, 0.1) is 5.69 Å². The Labute approximate surface area is 133 Å². The predicted molar refractivity (Wildman–Crippen MR) is 88.9 cm³/mol. The van der Waals surface area contributed by atoms with Crippen LogP contribution in [0.2, 0.25) is 0 Å². The molecule has 0 spiro atoms. The van der Waals surface area contributed by atoms with Crippen molar-refractivity contribution in [3.63, 3.8) is 0 Å². The van der Waals surface area contributed by atoms with Gasteiger partial charge >= 0.3 is 0 Å². The lowest BCUT2D eigenvalue weighted by atomic mass is 10.0. The lowest BCUT2D eigenvalue weighted by Gasteiger charge is -2.23. The van der Waals surface area contributed by atoms with Crippen molar-refractivity contribution in [2.24, 2.45) is 5.92 Å². The van der Waals surface area contributed by atoms with Crippen molar-refractivity contribution in [1.29, 1.82) is 0 Å². The molecule has 0 atom stereocenters. The molecule has 2 rings (SSSR count). The van der Waals surface area contributed by atoms with Crippen LogP contribution in [0.4, 0.5) is 0 Å². The summed E-state index contributed by atoms with van der Waals surface area (Å²) in [5.41, 5.74) is 3.51. The molecule has 1 aliphatic rings. The van der Waals surface area contributed by atoms with Gasteiger partial charge in [-0.2, -0.15) is 5.10 Å². The maximum Gasteiger partial charge on any atom is 0.220 e. The predicted octanol–water partition coefficient (Wildman–Crippen LogP) is 1.96. The SMILES string of the molecule is Cc1nn(CC(C)C)c(C)c1CCC(=O)NC1CCNCC1. The molecular weight excluding hydrogens is 276 g/mol. The highest BCUT2D eigenvalue weighted by Crippen LogP contribution is 2.16. The molecule has 1 amide bonds. The van der Waals surface area contributed by atoms with Crippen molar-refractivity contribution in [2.75, 3.05) is 13.1 Å². The highest BCUT2D eigenvalue weighted by molar-refractivity contribution is 5.76. The van der Waals surface area contributed by atoms with Gasteiger partial charge in [-0.25, -0.2) is 0 Å². The molecule has 1 aliphatic heterocycles. The smallest absolute Gasteiger partial charge is 0.220 e. The molecule has 1 aromatic rings. The molecule has 5 nitrogen and oxygen atoms in total. The molecule has 0 radical (unpaired) electrons. The van der Waals surface area contributed by atoms with E-state index in [0.717, 1.165) is 44.6 Å². The van der Waals surface area contributed by atoms with Crippen molar-refractivity contribution in [3.8, 4) is 0 Å². The van der Waals surface area contributed by atoms with E-state index in [0.29, 0.717) is 18.4 Å². The average Bonchev–Trinajstić information content (AvgIpc) is 2.72. The third-order valence-electron chi connectivity index (χ3n) is 4.38. The van der Waals surface area contributed by atoms with Crippen LogP contribution in [-0.4, -0.2) is 34.8 Å². The third-order valence-corrected chi connectivity index (χ3v) is 4.38. The monoisotopic (exact) mass is 306 g/mol. The average molecular weight is 306 g/mol. The minimum atomic E-state index is 0.169. The van der Waals surface area contributed by atoms with E-state index in [1.807, 2.05) is 6.92 Å². The number of carbonyl (C=O) groups is 1. The second-order valence-corrected chi connectivity index (χ2v) is 6.82. The van der Waals surface area contributed by atoms with E-state index >= 15 is 0 Å². The first-order valence-corrected chi connectivity index (χ1v) is 8.50. The first kappa shape index (κ1) is 17.0. The van der Waals surface area contributed by atoms with E-state index in [4.69, 9.17) is 0 Å².